The topological polar surface area (TPSA) is 55.1 Å². The van der Waals surface area contributed by atoms with Crippen LogP contribution in [0.5, 0.6) is 0 Å². The van der Waals surface area contributed by atoms with Gasteiger partial charge < -0.3 is 11.1 Å². The summed E-state index contributed by atoms with van der Waals surface area (Å²) in [5.74, 6) is -0.0652. The molecular formula is C16H21BrN2OS. The molecule has 1 atom stereocenters. The first-order valence-electron chi connectivity index (χ1n) is 7.32. The van der Waals surface area contributed by atoms with Gasteiger partial charge in [0.05, 0.1) is 5.69 Å². The molecule has 0 saturated heterocycles. The number of rotatable bonds is 6. The number of unbranched alkanes of at least 4 members (excludes halogenated alkanes) is 2. The minimum atomic E-state index is -0.0652. The summed E-state index contributed by atoms with van der Waals surface area (Å²) in [6, 6.07) is 6.07. The Hall–Kier alpha value is -1.07. The molecule has 114 valence electrons. The van der Waals surface area contributed by atoms with E-state index in [0.717, 1.165) is 27.4 Å². The number of hydrogen-bond donors (Lipinski definition) is 2. The van der Waals surface area contributed by atoms with E-state index >= 15 is 0 Å². The van der Waals surface area contributed by atoms with Crippen LogP contribution < -0.4 is 11.1 Å². The van der Waals surface area contributed by atoms with Crippen molar-refractivity contribution in [2.75, 3.05) is 5.73 Å². The molecule has 0 fully saturated rings. The maximum absolute atomic E-state index is 12.4. The zero-order valence-corrected chi connectivity index (χ0v) is 14.8. The van der Waals surface area contributed by atoms with E-state index in [1.165, 1.54) is 24.2 Å². The van der Waals surface area contributed by atoms with Crippen molar-refractivity contribution in [3.8, 4) is 0 Å². The lowest BCUT2D eigenvalue weighted by Crippen LogP contribution is -2.32. The van der Waals surface area contributed by atoms with Gasteiger partial charge in [0.15, 0.2) is 0 Å². The highest BCUT2D eigenvalue weighted by atomic mass is 79.9. The summed E-state index contributed by atoms with van der Waals surface area (Å²) in [7, 11) is 0. The molecule has 3 nitrogen and oxygen atoms in total. The Morgan fingerprint density at radius 3 is 2.86 bits per heavy atom. The maximum Gasteiger partial charge on any atom is 0.263 e. The number of carbonyl (C=O) groups excluding carboxylic acids is 1. The molecule has 1 heterocycles. The Bertz CT molecular complexity index is 638. The average molecular weight is 369 g/mol. The van der Waals surface area contributed by atoms with Crippen molar-refractivity contribution in [3.05, 3.63) is 27.5 Å². The highest BCUT2D eigenvalue weighted by Crippen LogP contribution is 2.38. The highest BCUT2D eigenvalue weighted by molar-refractivity contribution is 9.10. The van der Waals surface area contributed by atoms with Gasteiger partial charge >= 0.3 is 0 Å². The van der Waals surface area contributed by atoms with Gasteiger partial charge in [-0.1, -0.05) is 48.2 Å². The van der Waals surface area contributed by atoms with Gasteiger partial charge in [-0.25, -0.2) is 0 Å². The lowest BCUT2D eigenvalue weighted by Gasteiger charge is -2.13. The smallest absolute Gasteiger partial charge is 0.263 e. The standard InChI is InChI=1S/C16H21BrN2OS/c1-3-4-5-7-10(2)19-16(20)15-14(18)13-11(17)8-6-9-12(13)21-15/h6,8-10H,3-5,7,18H2,1-2H3,(H,19,20). The largest absolute Gasteiger partial charge is 0.397 e. The molecule has 0 aliphatic carbocycles. The van der Waals surface area contributed by atoms with Crippen molar-refractivity contribution in [3.63, 3.8) is 0 Å². The molecule has 2 aromatic rings. The Balaban J connectivity index is 2.13. The first-order chi connectivity index (χ1) is 10.0. The zero-order valence-electron chi connectivity index (χ0n) is 12.4. The fourth-order valence-electron chi connectivity index (χ4n) is 2.36. The molecule has 0 aliphatic rings. The van der Waals surface area contributed by atoms with Crippen LogP contribution in [0, 0.1) is 0 Å². The Kier molecular flexibility index (Phi) is 5.65. The van der Waals surface area contributed by atoms with E-state index < -0.39 is 0 Å². The first-order valence-corrected chi connectivity index (χ1v) is 8.92. The second-order valence-electron chi connectivity index (χ2n) is 5.33. The second kappa shape index (κ2) is 7.27. The summed E-state index contributed by atoms with van der Waals surface area (Å²) < 4.78 is 1.97. The Morgan fingerprint density at radius 2 is 2.19 bits per heavy atom. The van der Waals surface area contributed by atoms with Crippen LogP contribution in [0.1, 0.15) is 49.2 Å². The van der Waals surface area contributed by atoms with Crippen LogP contribution in [0.15, 0.2) is 22.7 Å². The summed E-state index contributed by atoms with van der Waals surface area (Å²) in [4.78, 5) is 13.0. The Labute approximate surface area is 138 Å². The molecule has 0 bridgehead atoms. The summed E-state index contributed by atoms with van der Waals surface area (Å²) >= 11 is 4.95. The number of hydrogen-bond acceptors (Lipinski definition) is 3. The van der Waals surface area contributed by atoms with E-state index in [4.69, 9.17) is 5.73 Å². The number of anilines is 1. The van der Waals surface area contributed by atoms with Gasteiger partial charge in [-0.2, -0.15) is 0 Å². The number of thiophene rings is 1. The number of carbonyl (C=O) groups is 1. The molecule has 0 radical (unpaired) electrons. The molecule has 5 heteroatoms. The van der Waals surface area contributed by atoms with Gasteiger partial charge in [0.25, 0.3) is 5.91 Å². The third kappa shape index (κ3) is 3.77. The lowest BCUT2D eigenvalue weighted by atomic mass is 10.1. The van der Waals surface area contributed by atoms with Gasteiger partial charge in [0.1, 0.15) is 4.88 Å². The number of nitrogens with two attached hydrogens (primary N) is 1. The van der Waals surface area contributed by atoms with Crippen LogP contribution in [-0.4, -0.2) is 11.9 Å². The number of nitrogens with one attached hydrogen (secondary N) is 1. The molecule has 0 spiro atoms. The van der Waals surface area contributed by atoms with Gasteiger partial charge in [-0.3, -0.25) is 4.79 Å². The fourth-order valence-corrected chi connectivity index (χ4v) is 4.12. The van der Waals surface area contributed by atoms with E-state index in [1.54, 1.807) is 0 Å². The molecule has 1 unspecified atom stereocenters. The summed E-state index contributed by atoms with van der Waals surface area (Å²) in [5, 5.41) is 3.99. The number of fused-ring (bicyclic) bond motifs is 1. The van der Waals surface area contributed by atoms with Crippen LogP contribution in [-0.2, 0) is 0 Å². The summed E-state index contributed by atoms with van der Waals surface area (Å²) in [6.07, 6.45) is 4.55. The number of benzene rings is 1. The van der Waals surface area contributed by atoms with Gasteiger partial charge in [0, 0.05) is 20.6 Å². The predicted octanol–water partition coefficient (Wildman–Crippen LogP) is 4.94. The van der Waals surface area contributed by atoms with E-state index in [1.807, 2.05) is 25.1 Å². The van der Waals surface area contributed by atoms with E-state index in [0.29, 0.717) is 10.6 Å². The van der Waals surface area contributed by atoms with Crippen LogP contribution in [0.4, 0.5) is 5.69 Å². The predicted molar refractivity (Wildman–Crippen MR) is 95.0 cm³/mol. The van der Waals surface area contributed by atoms with Crippen molar-refractivity contribution < 1.29 is 4.79 Å². The SMILES string of the molecule is CCCCCC(C)NC(=O)c1sc2cccc(Br)c2c1N. The Morgan fingerprint density at radius 1 is 1.43 bits per heavy atom. The maximum atomic E-state index is 12.4. The zero-order chi connectivity index (χ0) is 15.4. The fraction of sp³-hybridized carbons (Fsp3) is 0.438. The third-order valence-electron chi connectivity index (χ3n) is 3.53. The molecule has 0 aliphatic heterocycles. The third-order valence-corrected chi connectivity index (χ3v) is 5.36. The van der Waals surface area contributed by atoms with Crippen LogP contribution in [0.2, 0.25) is 0 Å². The van der Waals surface area contributed by atoms with E-state index in [2.05, 4.69) is 28.2 Å². The van der Waals surface area contributed by atoms with E-state index in [9.17, 15) is 4.79 Å². The van der Waals surface area contributed by atoms with Crippen LogP contribution >= 0.6 is 27.3 Å². The van der Waals surface area contributed by atoms with Gasteiger partial charge in [-0.05, 0) is 25.5 Å². The van der Waals surface area contributed by atoms with Crippen molar-refractivity contribution in [2.24, 2.45) is 0 Å². The van der Waals surface area contributed by atoms with Crippen molar-refractivity contribution in [2.45, 2.75) is 45.6 Å². The molecule has 0 saturated carbocycles. The number of amides is 1. The lowest BCUT2D eigenvalue weighted by molar-refractivity contribution is 0.0943. The normalized spacial score (nSPS) is 12.5. The van der Waals surface area contributed by atoms with Gasteiger partial charge in [0.2, 0.25) is 0 Å². The quantitative estimate of drug-likeness (QED) is 0.709. The molecule has 1 aromatic heterocycles. The van der Waals surface area contributed by atoms with Gasteiger partial charge in [-0.15, -0.1) is 11.3 Å². The van der Waals surface area contributed by atoms with E-state index in [-0.39, 0.29) is 11.9 Å². The number of halogens is 1. The molecule has 1 aromatic carbocycles. The van der Waals surface area contributed by atoms with Crippen molar-refractivity contribution in [1.29, 1.82) is 0 Å². The van der Waals surface area contributed by atoms with Crippen LogP contribution in [0.25, 0.3) is 10.1 Å². The molecule has 3 N–H and O–H groups in total. The molecular weight excluding hydrogens is 348 g/mol. The highest BCUT2D eigenvalue weighted by Gasteiger charge is 2.19. The number of nitrogen functional groups attached to an aromatic ring is 1. The molecule has 21 heavy (non-hydrogen) atoms. The monoisotopic (exact) mass is 368 g/mol. The first kappa shape index (κ1) is 16.3. The molecule has 1 amide bonds. The summed E-state index contributed by atoms with van der Waals surface area (Å²) in [5.41, 5.74) is 6.73. The summed E-state index contributed by atoms with van der Waals surface area (Å²) in [6.45, 7) is 4.23. The minimum Gasteiger partial charge on any atom is -0.397 e. The average Bonchev–Trinajstić information content (AvgIpc) is 2.78. The second-order valence-corrected chi connectivity index (χ2v) is 7.23. The van der Waals surface area contributed by atoms with Crippen molar-refractivity contribution in [1.82, 2.24) is 5.32 Å². The van der Waals surface area contributed by atoms with Crippen molar-refractivity contribution >= 4 is 48.9 Å². The molecule has 2 rings (SSSR count). The minimum absolute atomic E-state index is 0.0652. The van der Waals surface area contributed by atoms with Crippen LogP contribution in [0.3, 0.4) is 0 Å².